The standard InChI is InChI=1S/C21H35N2/c1-2-3-8-20-13-21(22)17-23(16-20,15-19-11-7-12-19)14-18-9-5-4-6-10-18/h4-6,9-10,19-21H,2-3,7-8,11-17,22H2,1H3/q+1. The number of quaternary nitrogens is 1. The molecule has 2 nitrogen and oxygen atoms in total. The van der Waals surface area contributed by atoms with Gasteiger partial charge >= 0.3 is 0 Å². The van der Waals surface area contributed by atoms with Crippen molar-refractivity contribution in [2.24, 2.45) is 17.6 Å². The molecule has 23 heavy (non-hydrogen) atoms. The Morgan fingerprint density at radius 1 is 1.09 bits per heavy atom. The normalized spacial score (nSPS) is 31.7. The number of hydrogen-bond acceptors (Lipinski definition) is 1. The monoisotopic (exact) mass is 315 g/mol. The number of nitrogens with two attached hydrogens (primary N) is 1. The van der Waals surface area contributed by atoms with Crippen molar-refractivity contribution in [3.63, 3.8) is 0 Å². The van der Waals surface area contributed by atoms with Crippen LogP contribution in [0.1, 0.15) is 57.4 Å². The lowest BCUT2D eigenvalue weighted by atomic mass is 9.81. The van der Waals surface area contributed by atoms with E-state index in [9.17, 15) is 0 Å². The Morgan fingerprint density at radius 2 is 1.87 bits per heavy atom. The van der Waals surface area contributed by atoms with E-state index in [1.807, 2.05) is 0 Å². The summed E-state index contributed by atoms with van der Waals surface area (Å²) in [5, 5.41) is 0. The van der Waals surface area contributed by atoms with Gasteiger partial charge in [-0.25, -0.2) is 0 Å². The van der Waals surface area contributed by atoms with E-state index in [-0.39, 0.29) is 0 Å². The fourth-order valence-corrected chi connectivity index (χ4v) is 4.94. The van der Waals surface area contributed by atoms with Crippen LogP contribution in [0.3, 0.4) is 0 Å². The molecule has 3 unspecified atom stereocenters. The summed E-state index contributed by atoms with van der Waals surface area (Å²) in [7, 11) is 0. The molecule has 1 saturated heterocycles. The van der Waals surface area contributed by atoms with Gasteiger partial charge in [-0.05, 0) is 25.7 Å². The van der Waals surface area contributed by atoms with Gasteiger partial charge in [0.1, 0.15) is 6.54 Å². The van der Waals surface area contributed by atoms with Crippen molar-refractivity contribution < 1.29 is 4.48 Å². The molecule has 0 spiro atoms. The third-order valence-corrected chi connectivity index (χ3v) is 6.10. The average molecular weight is 316 g/mol. The number of rotatable bonds is 7. The molecule has 2 N–H and O–H groups in total. The fourth-order valence-electron chi connectivity index (χ4n) is 4.94. The maximum atomic E-state index is 6.55. The van der Waals surface area contributed by atoms with Gasteiger partial charge in [-0.3, -0.25) is 0 Å². The van der Waals surface area contributed by atoms with Gasteiger partial charge < -0.3 is 10.2 Å². The lowest BCUT2D eigenvalue weighted by molar-refractivity contribution is -0.952. The second-order valence-corrected chi connectivity index (χ2v) is 8.33. The first-order valence-corrected chi connectivity index (χ1v) is 9.84. The van der Waals surface area contributed by atoms with Crippen molar-refractivity contribution in [1.29, 1.82) is 0 Å². The zero-order valence-corrected chi connectivity index (χ0v) is 14.9. The van der Waals surface area contributed by atoms with E-state index in [1.165, 1.54) is 81.2 Å². The van der Waals surface area contributed by atoms with Crippen LogP contribution in [0, 0.1) is 11.8 Å². The summed E-state index contributed by atoms with van der Waals surface area (Å²) in [6.07, 6.45) is 9.65. The molecule has 3 atom stereocenters. The topological polar surface area (TPSA) is 26.0 Å². The third kappa shape index (κ3) is 4.58. The SMILES string of the molecule is CCCCC1CC(N)C[N+](Cc2ccccc2)(CC2CCC2)C1. The molecule has 1 aliphatic heterocycles. The first kappa shape index (κ1) is 17.0. The van der Waals surface area contributed by atoms with Crippen LogP contribution in [0.5, 0.6) is 0 Å². The van der Waals surface area contributed by atoms with Crippen LogP contribution in [-0.4, -0.2) is 30.2 Å². The predicted octanol–water partition coefficient (Wildman–Crippen LogP) is 4.34. The van der Waals surface area contributed by atoms with Crippen LogP contribution in [-0.2, 0) is 6.54 Å². The Hall–Kier alpha value is -0.860. The van der Waals surface area contributed by atoms with Crippen LogP contribution in [0.2, 0.25) is 0 Å². The Bertz CT molecular complexity index is 468. The number of unbranched alkanes of at least 4 members (excludes halogenated alkanes) is 1. The van der Waals surface area contributed by atoms with Gasteiger partial charge in [-0.15, -0.1) is 0 Å². The minimum atomic E-state index is 0.398. The maximum Gasteiger partial charge on any atom is 0.104 e. The number of nitrogens with zero attached hydrogens (tertiary/aromatic N) is 1. The first-order chi connectivity index (χ1) is 11.2. The van der Waals surface area contributed by atoms with Crippen LogP contribution >= 0.6 is 0 Å². The highest BCUT2D eigenvalue weighted by Gasteiger charge is 2.41. The molecule has 0 aromatic heterocycles. The van der Waals surface area contributed by atoms with Crippen molar-refractivity contribution in [3.05, 3.63) is 35.9 Å². The van der Waals surface area contributed by atoms with E-state index in [1.54, 1.807) is 0 Å². The zero-order chi connectivity index (χ0) is 16.1. The molecule has 128 valence electrons. The van der Waals surface area contributed by atoms with E-state index < -0.39 is 0 Å². The van der Waals surface area contributed by atoms with Gasteiger partial charge in [0.05, 0.1) is 25.7 Å². The van der Waals surface area contributed by atoms with Gasteiger partial charge in [0, 0.05) is 17.4 Å². The Morgan fingerprint density at radius 3 is 2.52 bits per heavy atom. The Kier molecular flexibility index (Phi) is 5.76. The minimum Gasteiger partial charge on any atom is -0.323 e. The molecule has 1 aromatic rings. The summed E-state index contributed by atoms with van der Waals surface area (Å²) in [4.78, 5) is 0. The summed E-state index contributed by atoms with van der Waals surface area (Å²) in [6.45, 7) is 7.41. The van der Waals surface area contributed by atoms with Crippen molar-refractivity contribution in [1.82, 2.24) is 0 Å². The van der Waals surface area contributed by atoms with Crippen LogP contribution in [0.4, 0.5) is 0 Å². The number of hydrogen-bond donors (Lipinski definition) is 1. The summed E-state index contributed by atoms with van der Waals surface area (Å²) in [5.74, 6) is 1.79. The molecule has 0 amide bonds. The Balaban J connectivity index is 1.75. The molecular weight excluding hydrogens is 280 g/mol. The van der Waals surface area contributed by atoms with Gasteiger partial charge in [-0.2, -0.15) is 0 Å². The minimum absolute atomic E-state index is 0.398. The van der Waals surface area contributed by atoms with Gasteiger partial charge in [0.2, 0.25) is 0 Å². The molecule has 1 aliphatic carbocycles. The lowest BCUT2D eigenvalue weighted by Gasteiger charge is -2.49. The van der Waals surface area contributed by atoms with Crippen LogP contribution in [0.15, 0.2) is 30.3 Å². The summed E-state index contributed by atoms with van der Waals surface area (Å²) in [6, 6.07) is 11.5. The molecule has 0 bridgehead atoms. The second-order valence-electron chi connectivity index (χ2n) is 8.33. The van der Waals surface area contributed by atoms with Gasteiger partial charge in [-0.1, -0.05) is 56.5 Å². The largest absolute Gasteiger partial charge is 0.323 e. The van der Waals surface area contributed by atoms with Crippen molar-refractivity contribution in [2.75, 3.05) is 19.6 Å². The highest BCUT2D eigenvalue weighted by atomic mass is 15.4. The van der Waals surface area contributed by atoms with Crippen molar-refractivity contribution in [3.8, 4) is 0 Å². The highest BCUT2D eigenvalue weighted by Crippen LogP contribution is 2.35. The van der Waals surface area contributed by atoms with Crippen molar-refractivity contribution in [2.45, 2.75) is 64.5 Å². The smallest absolute Gasteiger partial charge is 0.104 e. The zero-order valence-electron chi connectivity index (χ0n) is 14.9. The number of benzene rings is 1. The summed E-state index contributed by atoms with van der Waals surface area (Å²) < 4.78 is 1.25. The van der Waals surface area contributed by atoms with Crippen LogP contribution in [0.25, 0.3) is 0 Å². The quantitative estimate of drug-likeness (QED) is 0.744. The fraction of sp³-hybridized carbons (Fsp3) is 0.714. The summed E-state index contributed by atoms with van der Waals surface area (Å²) in [5.41, 5.74) is 8.04. The van der Waals surface area contributed by atoms with Gasteiger partial charge in [0.25, 0.3) is 0 Å². The lowest BCUT2D eigenvalue weighted by Crippen LogP contribution is -2.61. The van der Waals surface area contributed by atoms with E-state index >= 15 is 0 Å². The molecule has 1 aromatic carbocycles. The average Bonchev–Trinajstić information content (AvgIpc) is 2.49. The molecular formula is C21H35N2+. The molecule has 2 aliphatic rings. The maximum absolute atomic E-state index is 6.55. The van der Waals surface area contributed by atoms with E-state index in [0.717, 1.165) is 11.8 Å². The van der Waals surface area contributed by atoms with Crippen molar-refractivity contribution >= 4 is 0 Å². The molecule has 0 radical (unpaired) electrons. The van der Waals surface area contributed by atoms with Crippen LogP contribution < -0.4 is 5.73 Å². The van der Waals surface area contributed by atoms with Gasteiger partial charge in [0.15, 0.2) is 0 Å². The second kappa shape index (κ2) is 7.81. The predicted molar refractivity (Wildman–Crippen MR) is 98.0 cm³/mol. The highest BCUT2D eigenvalue weighted by molar-refractivity contribution is 5.13. The summed E-state index contributed by atoms with van der Waals surface area (Å²) >= 11 is 0. The van der Waals surface area contributed by atoms with E-state index in [0.29, 0.717) is 6.04 Å². The van der Waals surface area contributed by atoms with E-state index in [4.69, 9.17) is 5.73 Å². The number of likely N-dealkylation sites (tertiary alicyclic amines) is 1. The molecule has 2 heteroatoms. The van der Waals surface area contributed by atoms with E-state index in [2.05, 4.69) is 37.3 Å². The molecule has 3 rings (SSSR count). The molecule has 1 saturated carbocycles. The first-order valence-electron chi connectivity index (χ1n) is 9.84. The third-order valence-electron chi connectivity index (χ3n) is 6.10. The molecule has 1 heterocycles. The Labute approximate surface area is 142 Å². The number of piperidine rings is 1. The molecule has 2 fully saturated rings.